The molecule has 4 heteroatoms. The van der Waals surface area contributed by atoms with E-state index in [1.807, 2.05) is 0 Å². The van der Waals surface area contributed by atoms with Crippen molar-refractivity contribution in [3.63, 3.8) is 0 Å². The van der Waals surface area contributed by atoms with Crippen LogP contribution in [0.5, 0.6) is 0 Å². The molecule has 0 aliphatic rings. The van der Waals surface area contributed by atoms with Crippen LogP contribution in [-0.2, 0) is 9.59 Å². The lowest BCUT2D eigenvalue weighted by Crippen LogP contribution is -2.06. The molecule has 0 saturated carbocycles. The van der Waals surface area contributed by atoms with Gasteiger partial charge in [0.15, 0.2) is 0 Å². The van der Waals surface area contributed by atoms with E-state index in [-0.39, 0.29) is 0 Å². The van der Waals surface area contributed by atoms with E-state index >= 15 is 0 Å². The predicted molar refractivity (Wildman–Crippen MR) is 59.2 cm³/mol. The minimum absolute atomic E-state index is 0.554. The van der Waals surface area contributed by atoms with Gasteiger partial charge in [-0.15, -0.1) is 0 Å². The summed E-state index contributed by atoms with van der Waals surface area (Å²) < 4.78 is 0. The Kier molecular flexibility index (Phi) is 3.87. The van der Waals surface area contributed by atoms with Gasteiger partial charge in [-0.05, 0) is 23.6 Å². The van der Waals surface area contributed by atoms with Gasteiger partial charge in [-0.1, -0.05) is 24.1 Å². The third-order valence-corrected chi connectivity index (χ3v) is 1.69. The Hall–Kier alpha value is -2.54. The number of rotatable bonds is 2. The molecule has 1 aromatic carbocycles. The number of carbonyl (C=O) groups is 2. The number of amides is 1. The number of nitrogens with two attached hydrogens (primary N) is 1. The molecule has 0 radical (unpaired) electrons. The van der Waals surface area contributed by atoms with E-state index < -0.39 is 11.9 Å². The quantitative estimate of drug-likeness (QED) is 0.560. The maximum atomic E-state index is 10.5. The van der Waals surface area contributed by atoms with E-state index in [1.165, 1.54) is 6.08 Å². The van der Waals surface area contributed by atoms with Crippen LogP contribution >= 0.6 is 0 Å². The molecule has 0 bridgehead atoms. The van der Waals surface area contributed by atoms with Crippen molar-refractivity contribution in [2.24, 2.45) is 5.73 Å². The van der Waals surface area contributed by atoms with Crippen LogP contribution in [0.4, 0.5) is 0 Å². The maximum Gasteiger partial charge on any atom is 0.328 e. The van der Waals surface area contributed by atoms with Gasteiger partial charge in [0, 0.05) is 11.6 Å². The first-order valence-electron chi connectivity index (χ1n) is 4.41. The summed E-state index contributed by atoms with van der Waals surface area (Å²) in [4.78, 5) is 20.8. The fourth-order valence-corrected chi connectivity index (χ4v) is 1.05. The third kappa shape index (κ3) is 3.68. The second-order valence-electron chi connectivity index (χ2n) is 2.87. The molecule has 1 rings (SSSR count). The van der Waals surface area contributed by atoms with Crippen LogP contribution in [0.15, 0.2) is 30.3 Å². The summed E-state index contributed by atoms with van der Waals surface area (Å²) in [7, 11) is 0. The van der Waals surface area contributed by atoms with Crippen molar-refractivity contribution in [2.45, 2.75) is 0 Å². The second kappa shape index (κ2) is 5.37. The number of carbonyl (C=O) groups excluding carboxylic acids is 1. The predicted octanol–water partition coefficient (Wildman–Crippen LogP) is 0.621. The average Bonchev–Trinajstić information content (AvgIpc) is 2.24. The zero-order valence-electron chi connectivity index (χ0n) is 8.31. The molecule has 0 spiro atoms. The Morgan fingerprint density at radius 3 is 2.62 bits per heavy atom. The van der Waals surface area contributed by atoms with E-state index in [4.69, 9.17) is 10.8 Å². The molecule has 0 fully saturated rings. The van der Waals surface area contributed by atoms with E-state index in [1.54, 1.807) is 24.3 Å². The molecule has 0 aliphatic carbocycles. The molecular formula is C12H9NO3. The summed E-state index contributed by atoms with van der Waals surface area (Å²) in [6, 6.07) is 6.86. The Labute approximate surface area is 92.4 Å². The smallest absolute Gasteiger partial charge is 0.328 e. The van der Waals surface area contributed by atoms with Gasteiger partial charge in [0.2, 0.25) is 0 Å². The van der Waals surface area contributed by atoms with Crippen LogP contribution < -0.4 is 5.73 Å². The normalized spacial score (nSPS) is 9.50. The third-order valence-electron chi connectivity index (χ3n) is 1.69. The van der Waals surface area contributed by atoms with E-state index in [0.717, 1.165) is 6.08 Å². The van der Waals surface area contributed by atoms with Crippen molar-refractivity contribution in [1.82, 2.24) is 0 Å². The van der Waals surface area contributed by atoms with Gasteiger partial charge in [0.05, 0.1) is 0 Å². The lowest BCUT2D eigenvalue weighted by molar-refractivity contribution is -0.131. The van der Waals surface area contributed by atoms with Crippen LogP contribution in [0.25, 0.3) is 6.08 Å². The lowest BCUT2D eigenvalue weighted by Gasteiger charge is -1.96. The van der Waals surface area contributed by atoms with Gasteiger partial charge in [0.1, 0.15) is 0 Å². The van der Waals surface area contributed by atoms with E-state index in [9.17, 15) is 9.59 Å². The molecule has 0 unspecified atom stereocenters. The zero-order chi connectivity index (χ0) is 12.0. The summed E-state index contributed by atoms with van der Waals surface area (Å²) in [5.74, 6) is 3.00. The molecule has 0 atom stereocenters. The number of hydrogen-bond donors (Lipinski definition) is 2. The van der Waals surface area contributed by atoms with Gasteiger partial charge in [-0.2, -0.15) is 0 Å². The number of carboxylic acids is 1. The number of aliphatic carboxylic acids is 1. The molecule has 0 heterocycles. The Balaban J connectivity index is 3.07. The zero-order valence-corrected chi connectivity index (χ0v) is 8.31. The van der Waals surface area contributed by atoms with E-state index in [2.05, 4.69) is 11.8 Å². The number of benzene rings is 1. The highest BCUT2D eigenvalue weighted by Crippen LogP contribution is 2.09. The van der Waals surface area contributed by atoms with Gasteiger partial charge in [-0.25, -0.2) is 4.79 Å². The Bertz CT molecular complexity index is 506. The number of carboxylic acid groups (broad SMARTS) is 1. The van der Waals surface area contributed by atoms with Gasteiger partial charge >= 0.3 is 5.97 Å². The maximum absolute atomic E-state index is 10.5. The average molecular weight is 215 g/mol. The topological polar surface area (TPSA) is 80.4 Å². The number of hydrogen-bond acceptors (Lipinski definition) is 2. The van der Waals surface area contributed by atoms with Gasteiger partial charge in [0.25, 0.3) is 5.91 Å². The molecule has 80 valence electrons. The fraction of sp³-hybridized carbons (Fsp3) is 0. The van der Waals surface area contributed by atoms with Crippen LogP contribution in [0.2, 0.25) is 0 Å². The minimum atomic E-state index is -1.04. The monoisotopic (exact) mass is 215 g/mol. The Morgan fingerprint density at radius 2 is 2.00 bits per heavy atom. The first-order valence-corrected chi connectivity index (χ1v) is 4.41. The highest BCUT2D eigenvalue weighted by atomic mass is 16.4. The molecule has 0 aliphatic heterocycles. The fourth-order valence-electron chi connectivity index (χ4n) is 1.05. The molecule has 4 nitrogen and oxygen atoms in total. The molecule has 1 aromatic rings. The standard InChI is InChI=1S/C12H9NO3/c13-11(14)7-5-9-3-1-2-4-10(9)6-8-12(15)16/h1-4,6,8H,(H2,13,14)(H,15,16)/b8-6+. The van der Waals surface area contributed by atoms with E-state index in [0.29, 0.717) is 11.1 Å². The lowest BCUT2D eigenvalue weighted by atomic mass is 10.1. The van der Waals surface area contributed by atoms with Crippen molar-refractivity contribution >= 4 is 18.0 Å². The molecule has 0 aromatic heterocycles. The summed E-state index contributed by atoms with van der Waals surface area (Å²) >= 11 is 0. The summed E-state index contributed by atoms with van der Waals surface area (Å²) in [5, 5.41) is 8.49. The molecule has 1 amide bonds. The van der Waals surface area contributed by atoms with Crippen molar-refractivity contribution in [1.29, 1.82) is 0 Å². The largest absolute Gasteiger partial charge is 0.478 e. The molecule has 3 N–H and O–H groups in total. The van der Waals surface area contributed by atoms with Crippen molar-refractivity contribution < 1.29 is 14.7 Å². The van der Waals surface area contributed by atoms with Crippen molar-refractivity contribution in [3.8, 4) is 11.8 Å². The van der Waals surface area contributed by atoms with Crippen LogP contribution in [0.1, 0.15) is 11.1 Å². The van der Waals surface area contributed by atoms with Crippen LogP contribution in [-0.4, -0.2) is 17.0 Å². The number of primary amides is 1. The van der Waals surface area contributed by atoms with Crippen molar-refractivity contribution in [2.75, 3.05) is 0 Å². The highest BCUT2D eigenvalue weighted by molar-refractivity contribution is 5.93. The summed E-state index contributed by atoms with van der Waals surface area (Å²) in [5.41, 5.74) is 6.07. The summed E-state index contributed by atoms with van der Waals surface area (Å²) in [6.07, 6.45) is 2.41. The summed E-state index contributed by atoms with van der Waals surface area (Å²) in [6.45, 7) is 0. The van der Waals surface area contributed by atoms with Gasteiger partial charge < -0.3 is 10.8 Å². The SMILES string of the molecule is NC(=O)C#Cc1ccccc1/C=C/C(=O)O. The first-order chi connectivity index (χ1) is 7.59. The molecule has 0 saturated heterocycles. The minimum Gasteiger partial charge on any atom is -0.478 e. The molecular weight excluding hydrogens is 206 g/mol. The first kappa shape index (κ1) is 11.5. The Morgan fingerprint density at radius 1 is 1.31 bits per heavy atom. The highest BCUT2D eigenvalue weighted by Gasteiger charge is 1.95. The van der Waals surface area contributed by atoms with Crippen LogP contribution in [0.3, 0.4) is 0 Å². The van der Waals surface area contributed by atoms with Crippen molar-refractivity contribution in [3.05, 3.63) is 41.5 Å². The molecule has 16 heavy (non-hydrogen) atoms. The van der Waals surface area contributed by atoms with Gasteiger partial charge in [-0.3, -0.25) is 4.79 Å². The second-order valence-corrected chi connectivity index (χ2v) is 2.87. The van der Waals surface area contributed by atoms with Crippen LogP contribution in [0, 0.1) is 11.8 Å².